The van der Waals surface area contributed by atoms with Crippen molar-refractivity contribution >= 4 is 6.29 Å². The first-order valence-electron chi connectivity index (χ1n) is 2.02. The van der Waals surface area contributed by atoms with Gasteiger partial charge in [-0.3, -0.25) is 4.79 Å². The fraction of sp³-hybridized carbons (Fsp3) is 0.400. The highest BCUT2D eigenvalue weighted by molar-refractivity contribution is 5.64. The van der Waals surface area contributed by atoms with E-state index >= 15 is 0 Å². The van der Waals surface area contributed by atoms with Crippen molar-refractivity contribution in [1.29, 1.82) is 0 Å². The van der Waals surface area contributed by atoms with Gasteiger partial charge in [0, 0.05) is 1.43 Å². The van der Waals surface area contributed by atoms with Crippen LogP contribution in [0, 0.1) is 0 Å². The molecule has 3 N–H and O–H groups in total. The van der Waals surface area contributed by atoms with Gasteiger partial charge in [-0.15, -0.1) is 0 Å². The van der Waals surface area contributed by atoms with Crippen molar-refractivity contribution in [3.05, 3.63) is 12.2 Å². The number of aldehydes is 1. The predicted molar refractivity (Wildman–Crippen MR) is 32.6 cm³/mol. The van der Waals surface area contributed by atoms with E-state index in [4.69, 9.17) is 0 Å². The van der Waals surface area contributed by atoms with Crippen LogP contribution in [0.4, 0.5) is 0 Å². The third-order valence-electron chi connectivity index (χ3n) is 0.450. The third kappa shape index (κ3) is 10.9. The highest BCUT2D eigenvalue weighted by Crippen LogP contribution is 1.72. The van der Waals surface area contributed by atoms with Gasteiger partial charge in [0.2, 0.25) is 0 Å². The van der Waals surface area contributed by atoms with Gasteiger partial charge in [-0.1, -0.05) is 13.0 Å². The molecule has 0 unspecified atom stereocenters. The minimum Gasteiger partial charge on any atom is -0.344 e. The number of hydrogen-bond acceptors (Lipinski definition) is 2. The van der Waals surface area contributed by atoms with Crippen LogP contribution in [0.25, 0.3) is 0 Å². The highest BCUT2D eigenvalue weighted by Gasteiger charge is 1.58. The van der Waals surface area contributed by atoms with E-state index in [1.807, 2.05) is 13.0 Å². The van der Waals surface area contributed by atoms with E-state index in [1.165, 1.54) is 6.08 Å². The number of carbonyl (C=O) groups is 1. The van der Waals surface area contributed by atoms with Gasteiger partial charge in [0.1, 0.15) is 6.29 Å². The molecular formula is C5H13NO. The zero-order valence-corrected chi connectivity index (χ0v) is 4.55. The fourth-order valence-electron chi connectivity index (χ4n) is 0.192. The summed E-state index contributed by atoms with van der Waals surface area (Å²) in [7, 11) is 0. The Kier molecular flexibility index (Phi) is 12.4. The topological polar surface area (TPSA) is 52.1 Å². The van der Waals surface area contributed by atoms with Gasteiger partial charge in [-0.05, 0) is 12.5 Å². The summed E-state index contributed by atoms with van der Waals surface area (Å²) in [6.45, 7) is 1.99. The molecule has 0 aromatic heterocycles. The van der Waals surface area contributed by atoms with Crippen LogP contribution in [0.2, 0.25) is 0 Å². The molecule has 0 bridgehead atoms. The Hall–Kier alpha value is -0.630. The average Bonchev–Trinajstić information content (AvgIpc) is 1.61. The van der Waals surface area contributed by atoms with Gasteiger partial charge in [0.15, 0.2) is 0 Å². The maximum atomic E-state index is 9.48. The van der Waals surface area contributed by atoms with E-state index in [2.05, 4.69) is 0 Å². The number of hydrogen-bond donors (Lipinski definition) is 1. The molecule has 0 aromatic carbocycles. The van der Waals surface area contributed by atoms with Gasteiger partial charge in [0.05, 0.1) is 0 Å². The summed E-state index contributed by atoms with van der Waals surface area (Å²) in [5.74, 6) is 0. The summed E-state index contributed by atoms with van der Waals surface area (Å²) in [6, 6.07) is 0. The van der Waals surface area contributed by atoms with Crippen molar-refractivity contribution in [3.8, 4) is 0 Å². The first-order valence-corrected chi connectivity index (χ1v) is 2.02. The Balaban J connectivity index is -0.000000125. The molecular weight excluding hydrogens is 90.1 g/mol. The second-order valence-electron chi connectivity index (χ2n) is 0.972. The standard InChI is InChI=1S/C5H8O.H3N.H2/c1-2-3-4-5-6;;/h3-5H,2H2,1H3;1H3;1H/b4-3+;;. The molecule has 0 aliphatic carbocycles. The first-order chi connectivity index (χ1) is 2.91. The zero-order valence-electron chi connectivity index (χ0n) is 4.55. The Morgan fingerprint density at radius 2 is 2.29 bits per heavy atom. The Morgan fingerprint density at radius 3 is 2.43 bits per heavy atom. The minimum absolute atomic E-state index is 0. The van der Waals surface area contributed by atoms with Gasteiger partial charge >= 0.3 is 0 Å². The van der Waals surface area contributed by atoms with E-state index in [1.54, 1.807) is 0 Å². The van der Waals surface area contributed by atoms with E-state index in [0.717, 1.165) is 12.7 Å². The molecule has 0 spiro atoms. The minimum atomic E-state index is 0. The third-order valence-corrected chi connectivity index (χ3v) is 0.450. The second-order valence-corrected chi connectivity index (χ2v) is 0.972. The van der Waals surface area contributed by atoms with Gasteiger partial charge < -0.3 is 6.15 Å². The molecule has 2 nitrogen and oxygen atoms in total. The molecule has 0 aliphatic rings. The van der Waals surface area contributed by atoms with Gasteiger partial charge in [-0.25, -0.2) is 0 Å². The maximum absolute atomic E-state index is 9.48. The summed E-state index contributed by atoms with van der Waals surface area (Å²) in [5, 5.41) is 0. The summed E-state index contributed by atoms with van der Waals surface area (Å²) in [4.78, 5) is 9.48. The normalized spacial score (nSPS) is 8.14. The largest absolute Gasteiger partial charge is 0.344 e. The van der Waals surface area contributed by atoms with Crippen molar-refractivity contribution in [2.45, 2.75) is 13.3 Å². The molecule has 0 saturated carbocycles. The molecule has 0 aliphatic heterocycles. The quantitative estimate of drug-likeness (QED) is 0.426. The molecule has 44 valence electrons. The van der Waals surface area contributed by atoms with E-state index in [-0.39, 0.29) is 7.58 Å². The van der Waals surface area contributed by atoms with Crippen molar-refractivity contribution < 1.29 is 6.22 Å². The molecule has 0 fully saturated rings. The monoisotopic (exact) mass is 103 g/mol. The molecule has 0 saturated heterocycles. The highest BCUT2D eigenvalue weighted by atomic mass is 16.1. The number of rotatable bonds is 2. The predicted octanol–water partition coefficient (Wildman–Crippen LogP) is 1.56. The van der Waals surface area contributed by atoms with Crippen LogP contribution in [-0.2, 0) is 4.79 Å². The SMILES string of the molecule is CC/C=C/C=O.N.[HH]. The van der Waals surface area contributed by atoms with Crippen LogP contribution in [-0.4, -0.2) is 6.29 Å². The molecule has 0 radical (unpaired) electrons. The number of carbonyl (C=O) groups excluding carboxylic acids is 1. The molecule has 2 heteroatoms. The summed E-state index contributed by atoms with van der Waals surface area (Å²) in [6.07, 6.45) is 5.04. The van der Waals surface area contributed by atoms with Crippen LogP contribution in [0.5, 0.6) is 0 Å². The molecule has 0 amide bonds. The fourth-order valence-corrected chi connectivity index (χ4v) is 0.192. The summed E-state index contributed by atoms with van der Waals surface area (Å²) >= 11 is 0. The van der Waals surface area contributed by atoms with Gasteiger partial charge in [0.25, 0.3) is 0 Å². The second kappa shape index (κ2) is 9.03. The Bertz CT molecular complexity index is 63.4. The number of allylic oxidation sites excluding steroid dienone is 2. The molecule has 0 heterocycles. The summed E-state index contributed by atoms with van der Waals surface area (Å²) < 4.78 is 0. The van der Waals surface area contributed by atoms with Gasteiger partial charge in [-0.2, -0.15) is 0 Å². The van der Waals surface area contributed by atoms with Crippen LogP contribution in [0.15, 0.2) is 12.2 Å². The van der Waals surface area contributed by atoms with E-state index in [0.29, 0.717) is 0 Å². The molecule has 0 atom stereocenters. The Labute approximate surface area is 45.3 Å². The lowest BCUT2D eigenvalue weighted by molar-refractivity contribution is -0.104. The lowest BCUT2D eigenvalue weighted by Crippen LogP contribution is -1.55. The van der Waals surface area contributed by atoms with Crippen molar-refractivity contribution in [3.63, 3.8) is 0 Å². The molecule has 7 heavy (non-hydrogen) atoms. The van der Waals surface area contributed by atoms with Crippen molar-refractivity contribution in [1.82, 2.24) is 6.15 Å². The van der Waals surface area contributed by atoms with Crippen molar-refractivity contribution in [2.75, 3.05) is 0 Å². The van der Waals surface area contributed by atoms with Crippen LogP contribution in [0.3, 0.4) is 0 Å². The average molecular weight is 103 g/mol. The molecule has 0 rings (SSSR count). The van der Waals surface area contributed by atoms with Crippen LogP contribution < -0.4 is 6.15 Å². The van der Waals surface area contributed by atoms with E-state index < -0.39 is 0 Å². The summed E-state index contributed by atoms with van der Waals surface area (Å²) in [5.41, 5.74) is 0. The Morgan fingerprint density at radius 1 is 1.71 bits per heavy atom. The molecule has 0 aromatic rings. The van der Waals surface area contributed by atoms with E-state index in [9.17, 15) is 4.79 Å². The maximum Gasteiger partial charge on any atom is 0.142 e. The lowest BCUT2D eigenvalue weighted by Gasteiger charge is -1.65. The smallest absolute Gasteiger partial charge is 0.142 e. The lowest BCUT2D eigenvalue weighted by atomic mass is 10.4. The van der Waals surface area contributed by atoms with Crippen LogP contribution in [0.1, 0.15) is 14.8 Å². The zero-order chi connectivity index (χ0) is 4.83. The van der Waals surface area contributed by atoms with Crippen LogP contribution >= 0.6 is 0 Å². The first kappa shape index (κ1) is 9.62. The van der Waals surface area contributed by atoms with Crippen molar-refractivity contribution in [2.24, 2.45) is 0 Å².